The molecule has 0 aromatic heterocycles. The number of aryl methyl sites for hydroxylation is 1. The van der Waals surface area contributed by atoms with Crippen molar-refractivity contribution in [2.45, 2.75) is 11.8 Å². The van der Waals surface area contributed by atoms with Crippen LogP contribution in [0.4, 0.5) is 5.69 Å². The third-order valence-electron chi connectivity index (χ3n) is 5.45. The zero-order valence-corrected chi connectivity index (χ0v) is 20.2. The predicted octanol–water partition coefficient (Wildman–Crippen LogP) is 4.50. The number of fused-ring (bicyclic) bond motifs is 1. The molecule has 0 radical (unpaired) electrons. The highest BCUT2D eigenvalue weighted by Crippen LogP contribution is 2.27. The summed E-state index contributed by atoms with van der Waals surface area (Å²) < 4.78 is 33.3. The standard InChI is InChI=1S/C27H25N3O4S/c1-20-13-15-25(16-14-20)35(32,33)30(23-10-6-11-24(17-23)34-2)19-27(31)29-28-18-22-9-5-8-21-7-3-4-12-26(21)22/h3-18H,19H2,1-2H3,(H,29,31)/b28-18-. The first-order valence-corrected chi connectivity index (χ1v) is 12.4. The summed E-state index contributed by atoms with van der Waals surface area (Å²) in [6.07, 6.45) is 1.55. The van der Waals surface area contributed by atoms with Crippen LogP contribution in [-0.2, 0) is 14.8 Å². The van der Waals surface area contributed by atoms with Gasteiger partial charge in [-0.1, -0.05) is 66.2 Å². The summed E-state index contributed by atoms with van der Waals surface area (Å²) in [5, 5.41) is 6.11. The van der Waals surface area contributed by atoms with Crippen LogP contribution in [0.2, 0.25) is 0 Å². The van der Waals surface area contributed by atoms with Crippen LogP contribution < -0.4 is 14.5 Å². The van der Waals surface area contributed by atoms with E-state index in [-0.39, 0.29) is 4.90 Å². The van der Waals surface area contributed by atoms with Crippen molar-refractivity contribution in [3.8, 4) is 5.75 Å². The molecule has 7 nitrogen and oxygen atoms in total. The van der Waals surface area contributed by atoms with E-state index in [9.17, 15) is 13.2 Å². The normalized spacial score (nSPS) is 11.5. The number of carbonyl (C=O) groups is 1. The van der Waals surface area contributed by atoms with Gasteiger partial charge in [-0.15, -0.1) is 0 Å². The third-order valence-corrected chi connectivity index (χ3v) is 7.24. The average Bonchev–Trinajstić information content (AvgIpc) is 2.87. The largest absolute Gasteiger partial charge is 0.497 e. The molecule has 0 aliphatic heterocycles. The van der Waals surface area contributed by atoms with E-state index >= 15 is 0 Å². The molecular formula is C27H25N3O4S. The maximum atomic E-state index is 13.5. The van der Waals surface area contributed by atoms with Crippen molar-refractivity contribution >= 4 is 38.6 Å². The zero-order chi connectivity index (χ0) is 24.8. The SMILES string of the molecule is COc1cccc(N(CC(=O)N/N=C\c2cccc3ccccc23)S(=O)(=O)c2ccc(C)cc2)c1. The van der Waals surface area contributed by atoms with Crippen LogP contribution in [0.25, 0.3) is 10.8 Å². The molecule has 8 heteroatoms. The van der Waals surface area contributed by atoms with E-state index < -0.39 is 22.5 Å². The fraction of sp³-hybridized carbons (Fsp3) is 0.111. The number of ether oxygens (including phenoxy) is 1. The van der Waals surface area contributed by atoms with Gasteiger partial charge in [0.05, 0.1) is 23.9 Å². The van der Waals surface area contributed by atoms with Gasteiger partial charge in [0, 0.05) is 11.6 Å². The first kappa shape index (κ1) is 24.0. The highest BCUT2D eigenvalue weighted by Gasteiger charge is 2.27. The second-order valence-corrected chi connectivity index (χ2v) is 9.75. The summed E-state index contributed by atoms with van der Waals surface area (Å²) in [7, 11) is -2.54. The smallest absolute Gasteiger partial charge is 0.264 e. The van der Waals surface area contributed by atoms with Gasteiger partial charge in [0.2, 0.25) is 0 Å². The van der Waals surface area contributed by atoms with Gasteiger partial charge >= 0.3 is 0 Å². The molecule has 178 valence electrons. The Morgan fingerprint density at radius 2 is 1.69 bits per heavy atom. The highest BCUT2D eigenvalue weighted by molar-refractivity contribution is 7.92. The van der Waals surface area contributed by atoms with E-state index in [2.05, 4.69) is 10.5 Å². The van der Waals surface area contributed by atoms with Crippen LogP contribution in [-0.4, -0.2) is 34.2 Å². The van der Waals surface area contributed by atoms with Crippen molar-refractivity contribution in [2.75, 3.05) is 18.0 Å². The van der Waals surface area contributed by atoms with Crippen molar-refractivity contribution < 1.29 is 17.9 Å². The molecule has 0 atom stereocenters. The quantitative estimate of drug-likeness (QED) is 0.293. The predicted molar refractivity (Wildman–Crippen MR) is 138 cm³/mol. The van der Waals surface area contributed by atoms with E-state index in [1.165, 1.54) is 19.2 Å². The minimum atomic E-state index is -4.03. The summed E-state index contributed by atoms with van der Waals surface area (Å²) in [5.41, 5.74) is 4.52. The Morgan fingerprint density at radius 3 is 2.46 bits per heavy atom. The van der Waals surface area contributed by atoms with Gasteiger partial charge in [-0.05, 0) is 42.0 Å². The van der Waals surface area contributed by atoms with Crippen LogP contribution in [0.1, 0.15) is 11.1 Å². The average molecular weight is 488 g/mol. The van der Waals surface area contributed by atoms with Gasteiger partial charge in [-0.3, -0.25) is 9.10 Å². The Balaban J connectivity index is 1.59. The first-order valence-electron chi connectivity index (χ1n) is 10.9. The summed E-state index contributed by atoms with van der Waals surface area (Å²) in [4.78, 5) is 12.9. The van der Waals surface area contributed by atoms with Crippen LogP contribution in [0, 0.1) is 6.92 Å². The molecule has 35 heavy (non-hydrogen) atoms. The van der Waals surface area contributed by atoms with Crippen molar-refractivity contribution in [3.05, 3.63) is 102 Å². The number of hydrazone groups is 1. The summed E-state index contributed by atoms with van der Waals surface area (Å²) >= 11 is 0. The molecule has 1 amide bonds. The Kier molecular flexibility index (Phi) is 7.12. The Hall–Kier alpha value is -4.17. The minimum Gasteiger partial charge on any atom is -0.497 e. The van der Waals surface area contributed by atoms with Crippen LogP contribution >= 0.6 is 0 Å². The molecule has 0 aliphatic carbocycles. The number of hydrogen-bond donors (Lipinski definition) is 1. The minimum absolute atomic E-state index is 0.0815. The zero-order valence-electron chi connectivity index (χ0n) is 19.4. The number of benzene rings is 4. The van der Waals surface area contributed by atoms with Gasteiger partial charge in [0.15, 0.2) is 0 Å². The Morgan fingerprint density at radius 1 is 0.971 bits per heavy atom. The number of methoxy groups -OCH3 is 1. The summed E-state index contributed by atoms with van der Waals surface area (Å²) in [5.74, 6) is -0.110. The van der Waals surface area contributed by atoms with E-state index in [0.717, 1.165) is 26.2 Å². The highest BCUT2D eigenvalue weighted by atomic mass is 32.2. The molecule has 0 unspecified atom stereocenters. The number of amides is 1. The molecule has 0 bridgehead atoms. The monoisotopic (exact) mass is 487 g/mol. The lowest BCUT2D eigenvalue weighted by molar-refractivity contribution is -0.119. The Bertz CT molecular complexity index is 1480. The molecular weight excluding hydrogens is 462 g/mol. The topological polar surface area (TPSA) is 88.1 Å². The van der Waals surface area contributed by atoms with E-state index in [0.29, 0.717) is 11.4 Å². The number of rotatable bonds is 8. The Labute approximate surface area is 204 Å². The van der Waals surface area contributed by atoms with Gasteiger partial charge in [-0.25, -0.2) is 13.8 Å². The van der Waals surface area contributed by atoms with Crippen molar-refractivity contribution in [2.24, 2.45) is 5.10 Å². The van der Waals surface area contributed by atoms with E-state index in [1.807, 2.05) is 49.4 Å². The second kappa shape index (κ2) is 10.4. The van der Waals surface area contributed by atoms with Gasteiger partial charge in [0.1, 0.15) is 12.3 Å². The number of carbonyl (C=O) groups excluding carboxylic acids is 1. The molecule has 4 rings (SSSR count). The molecule has 0 fully saturated rings. The number of sulfonamides is 1. The lowest BCUT2D eigenvalue weighted by Crippen LogP contribution is -2.39. The van der Waals surface area contributed by atoms with Crippen molar-refractivity contribution in [3.63, 3.8) is 0 Å². The second-order valence-electron chi connectivity index (χ2n) is 7.89. The fourth-order valence-corrected chi connectivity index (χ4v) is 5.03. The molecule has 0 heterocycles. The molecule has 0 aliphatic rings. The maximum absolute atomic E-state index is 13.5. The fourth-order valence-electron chi connectivity index (χ4n) is 3.62. The lowest BCUT2D eigenvalue weighted by Gasteiger charge is -2.24. The lowest BCUT2D eigenvalue weighted by atomic mass is 10.1. The number of nitrogens with zero attached hydrogens (tertiary/aromatic N) is 2. The van der Waals surface area contributed by atoms with Crippen LogP contribution in [0.5, 0.6) is 5.75 Å². The summed E-state index contributed by atoms with van der Waals surface area (Å²) in [6, 6.07) is 26.7. The van der Waals surface area contributed by atoms with Gasteiger partial charge in [-0.2, -0.15) is 5.10 Å². The van der Waals surface area contributed by atoms with Crippen LogP contribution in [0.3, 0.4) is 0 Å². The maximum Gasteiger partial charge on any atom is 0.264 e. The first-order chi connectivity index (χ1) is 16.9. The molecule has 0 saturated heterocycles. The molecule has 4 aromatic carbocycles. The van der Waals surface area contributed by atoms with E-state index in [1.54, 1.807) is 42.6 Å². The molecule has 4 aromatic rings. The molecule has 0 saturated carbocycles. The molecule has 0 spiro atoms. The van der Waals surface area contributed by atoms with Crippen molar-refractivity contribution in [1.82, 2.24) is 5.43 Å². The molecule has 1 N–H and O–H groups in total. The number of nitrogens with one attached hydrogen (secondary N) is 1. The van der Waals surface area contributed by atoms with Crippen molar-refractivity contribution in [1.29, 1.82) is 0 Å². The van der Waals surface area contributed by atoms with E-state index in [4.69, 9.17) is 4.74 Å². The van der Waals surface area contributed by atoms with Crippen LogP contribution in [0.15, 0.2) is 101 Å². The number of anilines is 1. The summed E-state index contributed by atoms with van der Waals surface area (Å²) in [6.45, 7) is 1.41. The number of hydrogen-bond acceptors (Lipinski definition) is 5. The van der Waals surface area contributed by atoms with Gasteiger partial charge in [0.25, 0.3) is 15.9 Å². The third kappa shape index (κ3) is 5.50. The van der Waals surface area contributed by atoms with Gasteiger partial charge < -0.3 is 4.74 Å².